The fourth-order valence-electron chi connectivity index (χ4n) is 4.64. The highest BCUT2D eigenvalue weighted by molar-refractivity contribution is 5.76. The number of likely N-dealkylation sites (tertiary alicyclic amines) is 1. The van der Waals surface area contributed by atoms with Crippen molar-refractivity contribution in [3.8, 4) is 22.6 Å². The summed E-state index contributed by atoms with van der Waals surface area (Å²) in [7, 11) is 0. The van der Waals surface area contributed by atoms with E-state index in [0.29, 0.717) is 18.9 Å². The van der Waals surface area contributed by atoms with Gasteiger partial charge in [0, 0.05) is 30.7 Å². The Morgan fingerprint density at radius 3 is 2.46 bits per heavy atom. The Balaban J connectivity index is 1.48. The molecule has 35 heavy (non-hydrogen) atoms. The topological polar surface area (TPSA) is 114 Å². The maximum absolute atomic E-state index is 11.7. The number of aromatic nitrogens is 2. The van der Waals surface area contributed by atoms with Crippen molar-refractivity contribution < 1.29 is 14.6 Å². The molecule has 0 spiro atoms. The number of anilines is 1. The number of ether oxygens (including phenoxy) is 1. The summed E-state index contributed by atoms with van der Waals surface area (Å²) in [5.41, 5.74) is 8.64. The number of nitrogen functional groups attached to an aromatic ring is 1. The summed E-state index contributed by atoms with van der Waals surface area (Å²) in [6.45, 7) is 7.29. The minimum atomic E-state index is -0.853. The van der Waals surface area contributed by atoms with Crippen molar-refractivity contribution in [2.45, 2.75) is 52.2 Å². The number of para-hydroxylation sites is 1. The first-order valence-electron chi connectivity index (χ1n) is 11.9. The first kappa shape index (κ1) is 24.5. The molecule has 2 heterocycles. The number of nitrogens with two attached hydrogens (primary N) is 1. The number of nitrogens with zero attached hydrogens (tertiary/aromatic N) is 3. The molecule has 0 saturated carbocycles. The van der Waals surface area contributed by atoms with Crippen LogP contribution in [0.4, 0.5) is 10.6 Å². The molecule has 2 aromatic carbocycles. The molecule has 8 heteroatoms. The maximum atomic E-state index is 11.7. The van der Waals surface area contributed by atoms with Gasteiger partial charge in [0.15, 0.2) is 0 Å². The number of hydrogen-bond donors (Lipinski definition) is 3. The lowest BCUT2D eigenvalue weighted by Gasteiger charge is -2.44. The zero-order valence-corrected chi connectivity index (χ0v) is 20.4. The Morgan fingerprint density at radius 2 is 1.80 bits per heavy atom. The largest absolute Gasteiger partial charge is 0.465 e. The van der Waals surface area contributed by atoms with Crippen molar-refractivity contribution in [1.82, 2.24) is 20.2 Å². The van der Waals surface area contributed by atoms with Gasteiger partial charge in [-0.15, -0.1) is 0 Å². The highest BCUT2D eigenvalue weighted by Crippen LogP contribution is 2.33. The quantitative estimate of drug-likeness (QED) is 0.451. The fraction of sp³-hybridized carbons (Fsp3) is 0.370. The van der Waals surface area contributed by atoms with E-state index in [1.54, 1.807) is 4.90 Å². The zero-order valence-electron chi connectivity index (χ0n) is 20.4. The average Bonchev–Trinajstić information content (AvgIpc) is 2.83. The molecule has 3 aromatic rings. The second kappa shape index (κ2) is 10.3. The summed E-state index contributed by atoms with van der Waals surface area (Å²) < 4.78 is 5.90. The van der Waals surface area contributed by atoms with Crippen LogP contribution in [-0.4, -0.2) is 44.7 Å². The van der Waals surface area contributed by atoms with Crippen LogP contribution in [0, 0.1) is 5.41 Å². The number of rotatable bonds is 6. The molecule has 1 amide bonds. The van der Waals surface area contributed by atoms with Gasteiger partial charge in [-0.3, -0.25) is 0 Å². The van der Waals surface area contributed by atoms with Gasteiger partial charge in [0.05, 0.1) is 5.69 Å². The van der Waals surface area contributed by atoms with Crippen LogP contribution in [0.5, 0.6) is 11.5 Å². The number of carbonyl (C=O) groups is 1. The van der Waals surface area contributed by atoms with Crippen LogP contribution >= 0.6 is 0 Å². The molecule has 1 aliphatic heterocycles. The molecule has 0 bridgehead atoms. The number of piperidine rings is 1. The Labute approximate surface area is 206 Å². The van der Waals surface area contributed by atoms with E-state index in [1.165, 1.54) is 6.33 Å². The van der Waals surface area contributed by atoms with Crippen LogP contribution < -0.4 is 15.8 Å². The fourth-order valence-corrected chi connectivity index (χ4v) is 4.64. The van der Waals surface area contributed by atoms with E-state index in [-0.39, 0.29) is 17.5 Å². The molecule has 1 aromatic heterocycles. The molecule has 4 rings (SSSR count). The van der Waals surface area contributed by atoms with Crippen LogP contribution in [-0.2, 0) is 6.54 Å². The van der Waals surface area contributed by atoms with Crippen molar-refractivity contribution in [2.75, 3.05) is 12.3 Å². The summed E-state index contributed by atoms with van der Waals surface area (Å²) in [5.74, 6) is 1.92. The number of amides is 1. The minimum absolute atomic E-state index is 0.0571. The molecule has 0 radical (unpaired) electrons. The average molecular weight is 476 g/mol. The lowest BCUT2D eigenvalue weighted by molar-refractivity contribution is 0.0481. The van der Waals surface area contributed by atoms with Gasteiger partial charge in [0.1, 0.15) is 23.6 Å². The highest BCUT2D eigenvalue weighted by atomic mass is 16.5. The maximum Gasteiger partial charge on any atom is 0.407 e. The molecule has 2 atom stereocenters. The molecule has 2 unspecified atom stereocenters. The van der Waals surface area contributed by atoms with Crippen LogP contribution in [0.2, 0.25) is 0 Å². The predicted molar refractivity (Wildman–Crippen MR) is 136 cm³/mol. The molecule has 1 saturated heterocycles. The van der Waals surface area contributed by atoms with Crippen LogP contribution in [0.3, 0.4) is 0 Å². The van der Waals surface area contributed by atoms with Gasteiger partial charge in [-0.25, -0.2) is 14.8 Å². The predicted octanol–water partition coefficient (Wildman–Crippen LogP) is 5.16. The Morgan fingerprint density at radius 1 is 1.11 bits per heavy atom. The number of carboxylic acid groups (broad SMARTS) is 1. The van der Waals surface area contributed by atoms with Gasteiger partial charge in [0.25, 0.3) is 0 Å². The Kier molecular flexibility index (Phi) is 7.21. The first-order valence-corrected chi connectivity index (χ1v) is 11.9. The summed E-state index contributed by atoms with van der Waals surface area (Å²) in [6.07, 6.45) is 2.12. The number of nitrogens with one attached hydrogen (secondary N) is 1. The third-order valence-electron chi connectivity index (χ3n) is 6.48. The normalized spacial score (nSPS) is 18.3. The lowest BCUT2D eigenvalue weighted by atomic mass is 9.79. The molecule has 1 aliphatic rings. The Bertz CT molecular complexity index is 1150. The number of benzene rings is 2. The van der Waals surface area contributed by atoms with E-state index in [1.807, 2.05) is 54.6 Å². The second-order valence-electron chi connectivity index (χ2n) is 9.98. The summed E-state index contributed by atoms with van der Waals surface area (Å²) in [5, 5.41) is 13.2. The highest BCUT2D eigenvalue weighted by Gasteiger charge is 2.38. The van der Waals surface area contributed by atoms with E-state index < -0.39 is 6.09 Å². The van der Waals surface area contributed by atoms with Crippen molar-refractivity contribution in [1.29, 1.82) is 0 Å². The lowest BCUT2D eigenvalue weighted by Crippen LogP contribution is -2.55. The molecule has 184 valence electrons. The summed E-state index contributed by atoms with van der Waals surface area (Å²) in [4.78, 5) is 22.0. The molecular formula is C27H33N5O3. The Hall–Kier alpha value is -3.65. The van der Waals surface area contributed by atoms with E-state index in [2.05, 4.69) is 36.1 Å². The standard InChI is InChI=1S/C27H33N5O3/c1-27(2,3)23-15-19(13-14-32(23)26(33)34)29-16-22-24(25(28)31-17-30-22)18-9-11-21(12-10-18)35-20-7-5-4-6-8-20/h4-12,17,19,23,29H,13-16H2,1-3H3,(H,33,34)(H2,28,30,31). The number of hydrogen-bond acceptors (Lipinski definition) is 6. The monoisotopic (exact) mass is 475 g/mol. The molecule has 1 fully saturated rings. The van der Waals surface area contributed by atoms with Gasteiger partial charge in [0.2, 0.25) is 0 Å². The van der Waals surface area contributed by atoms with E-state index >= 15 is 0 Å². The molecule has 4 N–H and O–H groups in total. The van der Waals surface area contributed by atoms with Gasteiger partial charge in [-0.1, -0.05) is 51.1 Å². The van der Waals surface area contributed by atoms with E-state index in [4.69, 9.17) is 10.5 Å². The zero-order chi connectivity index (χ0) is 25.0. The van der Waals surface area contributed by atoms with Crippen LogP contribution in [0.25, 0.3) is 11.1 Å². The third-order valence-corrected chi connectivity index (χ3v) is 6.48. The van der Waals surface area contributed by atoms with Crippen molar-refractivity contribution >= 4 is 11.9 Å². The third kappa shape index (κ3) is 5.89. The van der Waals surface area contributed by atoms with Crippen LogP contribution in [0.1, 0.15) is 39.3 Å². The van der Waals surface area contributed by atoms with E-state index in [0.717, 1.165) is 41.2 Å². The molecule has 8 nitrogen and oxygen atoms in total. The summed E-state index contributed by atoms with van der Waals surface area (Å²) in [6, 6.07) is 17.5. The molecule has 0 aliphatic carbocycles. The summed E-state index contributed by atoms with van der Waals surface area (Å²) >= 11 is 0. The van der Waals surface area contributed by atoms with Crippen LogP contribution in [0.15, 0.2) is 60.9 Å². The van der Waals surface area contributed by atoms with Crippen molar-refractivity contribution in [2.24, 2.45) is 5.41 Å². The smallest absolute Gasteiger partial charge is 0.407 e. The van der Waals surface area contributed by atoms with E-state index in [9.17, 15) is 9.90 Å². The van der Waals surface area contributed by atoms with Gasteiger partial charge < -0.3 is 25.8 Å². The van der Waals surface area contributed by atoms with Crippen molar-refractivity contribution in [3.05, 3.63) is 66.6 Å². The minimum Gasteiger partial charge on any atom is -0.465 e. The SMILES string of the molecule is CC(C)(C)C1CC(NCc2ncnc(N)c2-c2ccc(Oc3ccccc3)cc2)CCN1C(=O)O. The van der Waals surface area contributed by atoms with Crippen molar-refractivity contribution in [3.63, 3.8) is 0 Å². The second-order valence-corrected chi connectivity index (χ2v) is 9.98. The first-order chi connectivity index (χ1) is 16.7. The van der Waals surface area contributed by atoms with Gasteiger partial charge in [-0.2, -0.15) is 0 Å². The molecular weight excluding hydrogens is 442 g/mol. The van der Waals surface area contributed by atoms with Gasteiger partial charge in [-0.05, 0) is 48.1 Å². The van der Waals surface area contributed by atoms with Gasteiger partial charge >= 0.3 is 6.09 Å².